The normalized spacial score (nSPS) is 13.7. The van der Waals surface area contributed by atoms with E-state index in [1.54, 1.807) is 13.0 Å². The molecule has 0 spiro atoms. The van der Waals surface area contributed by atoms with Crippen LogP contribution >= 0.6 is 0 Å². The van der Waals surface area contributed by atoms with E-state index in [9.17, 15) is 9.18 Å². The van der Waals surface area contributed by atoms with Crippen molar-refractivity contribution >= 4 is 5.97 Å². The lowest BCUT2D eigenvalue weighted by molar-refractivity contribution is -0.142. The number of halogens is 1. The first kappa shape index (κ1) is 14.9. The number of tetrazole rings is 1. The van der Waals surface area contributed by atoms with Crippen LogP contribution in [0.25, 0.3) is 11.4 Å². The van der Waals surface area contributed by atoms with Crippen LogP contribution in [-0.2, 0) is 4.79 Å². The summed E-state index contributed by atoms with van der Waals surface area (Å²) < 4.78 is 20.5. The molecule has 2 aromatic rings. The molecule has 0 fully saturated rings. The highest BCUT2D eigenvalue weighted by molar-refractivity contribution is 5.70. The largest absolute Gasteiger partial charge is 0.496 e. The maximum atomic E-state index is 14.1. The Morgan fingerprint density at radius 2 is 2.14 bits per heavy atom. The molecule has 0 saturated heterocycles. The molecule has 0 saturated carbocycles. The summed E-state index contributed by atoms with van der Waals surface area (Å²) in [6, 6.07) is 3.82. The average Bonchev–Trinajstić information content (AvgIpc) is 2.94. The third-order valence-electron chi connectivity index (χ3n) is 3.41. The zero-order valence-corrected chi connectivity index (χ0v) is 11.8. The van der Waals surface area contributed by atoms with E-state index in [0.717, 1.165) is 0 Å². The molecule has 0 bridgehead atoms. The Kier molecular flexibility index (Phi) is 4.15. The predicted octanol–water partition coefficient (Wildman–Crippen LogP) is 1.77. The minimum atomic E-state index is -0.982. The SMILES string of the molecule is COc1cccc(F)c1-c1nnnn1C(C)C(C)C(=O)O. The summed E-state index contributed by atoms with van der Waals surface area (Å²) in [7, 11) is 1.41. The van der Waals surface area contributed by atoms with Crippen molar-refractivity contribution < 1.29 is 19.0 Å². The number of hydrogen-bond donors (Lipinski definition) is 1. The number of hydrogen-bond acceptors (Lipinski definition) is 5. The van der Waals surface area contributed by atoms with Crippen molar-refractivity contribution in [1.29, 1.82) is 0 Å². The fourth-order valence-electron chi connectivity index (χ4n) is 1.94. The van der Waals surface area contributed by atoms with Gasteiger partial charge in [0.25, 0.3) is 0 Å². The molecule has 8 heteroatoms. The lowest BCUT2D eigenvalue weighted by atomic mass is 10.0. The molecule has 1 aromatic carbocycles. The number of rotatable bonds is 5. The van der Waals surface area contributed by atoms with Crippen LogP contribution in [-0.4, -0.2) is 38.4 Å². The molecule has 112 valence electrons. The van der Waals surface area contributed by atoms with Crippen molar-refractivity contribution in [2.75, 3.05) is 7.11 Å². The Morgan fingerprint density at radius 1 is 1.43 bits per heavy atom. The van der Waals surface area contributed by atoms with Crippen molar-refractivity contribution in [3.05, 3.63) is 24.0 Å². The molecular weight excluding hydrogens is 279 g/mol. The topological polar surface area (TPSA) is 90.1 Å². The maximum Gasteiger partial charge on any atom is 0.308 e. The third-order valence-corrected chi connectivity index (χ3v) is 3.41. The highest BCUT2D eigenvalue weighted by Gasteiger charge is 2.27. The first-order valence-electron chi connectivity index (χ1n) is 6.31. The van der Waals surface area contributed by atoms with Crippen LogP contribution < -0.4 is 4.74 Å². The molecule has 0 amide bonds. The Hall–Kier alpha value is -2.51. The Labute approximate surface area is 120 Å². The molecular formula is C13H15FN4O3. The summed E-state index contributed by atoms with van der Waals surface area (Å²) in [5.41, 5.74) is 0.106. The van der Waals surface area contributed by atoms with Crippen molar-refractivity contribution in [1.82, 2.24) is 20.2 Å². The van der Waals surface area contributed by atoms with Gasteiger partial charge in [-0.1, -0.05) is 6.07 Å². The van der Waals surface area contributed by atoms with Crippen LogP contribution in [0.5, 0.6) is 5.75 Å². The number of carbonyl (C=O) groups is 1. The maximum absolute atomic E-state index is 14.1. The summed E-state index contributed by atoms with van der Waals surface area (Å²) >= 11 is 0. The van der Waals surface area contributed by atoms with Gasteiger partial charge in [0, 0.05) is 0 Å². The van der Waals surface area contributed by atoms with Gasteiger partial charge < -0.3 is 9.84 Å². The molecule has 1 N–H and O–H groups in total. The second-order valence-corrected chi connectivity index (χ2v) is 4.63. The quantitative estimate of drug-likeness (QED) is 0.903. The minimum Gasteiger partial charge on any atom is -0.496 e. The van der Waals surface area contributed by atoms with Crippen LogP contribution in [0.4, 0.5) is 4.39 Å². The first-order valence-corrected chi connectivity index (χ1v) is 6.31. The van der Waals surface area contributed by atoms with Gasteiger partial charge in [0.15, 0.2) is 5.82 Å². The monoisotopic (exact) mass is 294 g/mol. The molecule has 7 nitrogen and oxygen atoms in total. The van der Waals surface area contributed by atoms with Gasteiger partial charge in [0.05, 0.1) is 24.6 Å². The van der Waals surface area contributed by atoms with Gasteiger partial charge in [0.2, 0.25) is 0 Å². The number of benzene rings is 1. The molecule has 1 heterocycles. The van der Waals surface area contributed by atoms with Gasteiger partial charge in [-0.3, -0.25) is 4.79 Å². The molecule has 1 aromatic heterocycles. The molecule has 0 aliphatic carbocycles. The van der Waals surface area contributed by atoms with Gasteiger partial charge in [-0.05, 0) is 36.4 Å². The summed E-state index contributed by atoms with van der Waals surface area (Å²) in [5, 5.41) is 20.2. The van der Waals surface area contributed by atoms with Crippen LogP contribution in [0, 0.1) is 11.7 Å². The second-order valence-electron chi connectivity index (χ2n) is 4.63. The zero-order chi connectivity index (χ0) is 15.6. The van der Waals surface area contributed by atoms with E-state index in [4.69, 9.17) is 9.84 Å². The van der Waals surface area contributed by atoms with Crippen LogP contribution in [0.1, 0.15) is 19.9 Å². The number of nitrogens with zero attached hydrogens (tertiary/aromatic N) is 4. The summed E-state index contributed by atoms with van der Waals surface area (Å²) in [6.45, 7) is 3.20. The number of methoxy groups -OCH3 is 1. The van der Waals surface area contributed by atoms with Gasteiger partial charge in [0.1, 0.15) is 11.6 Å². The van der Waals surface area contributed by atoms with E-state index in [1.165, 1.54) is 30.8 Å². The standard InChI is InChI=1S/C13H15FN4O3/c1-7(13(19)20)8(2)18-12(15-16-17-18)11-9(14)5-4-6-10(11)21-3/h4-8H,1-3H3,(H,19,20). The Bertz CT molecular complexity index is 659. The van der Waals surface area contributed by atoms with Crippen LogP contribution in [0.3, 0.4) is 0 Å². The van der Waals surface area contributed by atoms with Crippen molar-refractivity contribution in [2.45, 2.75) is 19.9 Å². The molecule has 2 atom stereocenters. The smallest absolute Gasteiger partial charge is 0.308 e. The fourth-order valence-corrected chi connectivity index (χ4v) is 1.94. The summed E-state index contributed by atoms with van der Waals surface area (Å²) in [4.78, 5) is 11.1. The molecule has 21 heavy (non-hydrogen) atoms. The Balaban J connectivity index is 2.54. The predicted molar refractivity (Wildman–Crippen MR) is 71.3 cm³/mol. The van der Waals surface area contributed by atoms with Gasteiger partial charge in [-0.15, -0.1) is 5.10 Å². The first-order chi connectivity index (χ1) is 9.97. The molecule has 0 aliphatic rings. The minimum absolute atomic E-state index is 0.106. The van der Waals surface area contributed by atoms with E-state index < -0.39 is 23.7 Å². The number of ether oxygens (including phenoxy) is 1. The molecule has 0 radical (unpaired) electrons. The van der Waals surface area contributed by atoms with Crippen molar-refractivity contribution in [3.63, 3.8) is 0 Å². The van der Waals surface area contributed by atoms with Crippen molar-refractivity contribution in [2.24, 2.45) is 5.92 Å². The fraction of sp³-hybridized carbons (Fsp3) is 0.385. The number of aromatic nitrogens is 4. The second kappa shape index (κ2) is 5.86. The van der Waals surface area contributed by atoms with Crippen molar-refractivity contribution in [3.8, 4) is 17.1 Å². The number of carboxylic acid groups (broad SMARTS) is 1. The summed E-state index contributed by atoms with van der Waals surface area (Å²) in [6.07, 6.45) is 0. The zero-order valence-electron chi connectivity index (χ0n) is 11.8. The van der Waals surface area contributed by atoms with Crippen LogP contribution in [0.2, 0.25) is 0 Å². The highest BCUT2D eigenvalue weighted by Crippen LogP contribution is 2.32. The van der Waals surface area contributed by atoms with E-state index in [2.05, 4.69) is 15.5 Å². The highest BCUT2D eigenvalue weighted by atomic mass is 19.1. The van der Waals surface area contributed by atoms with E-state index in [1.807, 2.05) is 0 Å². The summed E-state index contributed by atoms with van der Waals surface area (Å²) in [5.74, 6) is -1.85. The molecule has 0 aliphatic heterocycles. The van der Waals surface area contributed by atoms with Gasteiger partial charge in [-0.2, -0.15) is 0 Å². The van der Waals surface area contributed by atoms with E-state index in [0.29, 0.717) is 0 Å². The van der Waals surface area contributed by atoms with E-state index >= 15 is 0 Å². The van der Waals surface area contributed by atoms with E-state index in [-0.39, 0.29) is 17.1 Å². The van der Waals surface area contributed by atoms with Gasteiger partial charge in [-0.25, -0.2) is 9.07 Å². The lowest BCUT2D eigenvalue weighted by Crippen LogP contribution is -2.23. The molecule has 2 unspecified atom stereocenters. The Morgan fingerprint density at radius 3 is 2.76 bits per heavy atom. The third kappa shape index (κ3) is 2.69. The van der Waals surface area contributed by atoms with Crippen LogP contribution in [0.15, 0.2) is 18.2 Å². The number of aliphatic carboxylic acids is 1. The number of carboxylic acids is 1. The lowest BCUT2D eigenvalue weighted by Gasteiger charge is -2.18. The van der Waals surface area contributed by atoms with Gasteiger partial charge >= 0.3 is 5.97 Å². The molecule has 2 rings (SSSR count). The average molecular weight is 294 g/mol.